The molecule has 0 aliphatic heterocycles. The Morgan fingerprint density at radius 3 is 2.52 bits per heavy atom. The molecule has 0 radical (unpaired) electrons. The second-order valence-electron chi connectivity index (χ2n) is 6.12. The van der Waals surface area contributed by atoms with E-state index in [1.54, 1.807) is 0 Å². The van der Waals surface area contributed by atoms with E-state index >= 15 is 0 Å². The van der Waals surface area contributed by atoms with Crippen molar-refractivity contribution in [1.82, 2.24) is 10.2 Å². The number of ether oxygens (including phenoxy) is 1. The molecule has 118 valence electrons. The number of benzene rings is 1. The van der Waals surface area contributed by atoms with Crippen molar-refractivity contribution in [2.45, 2.75) is 32.9 Å². The smallest absolute Gasteiger partial charge is 0.338 e. The Morgan fingerprint density at radius 2 is 1.95 bits per heavy atom. The summed E-state index contributed by atoms with van der Waals surface area (Å²) in [7, 11) is 5.58. The standard InChI is InChI=1S/C17H28N2O2/c1-13(2)10-15(12-19(3)4)18-11-14-8-6-7-9-16(14)17(20)21-5/h6-9,13,15,18H,10-12H2,1-5H3. The van der Waals surface area contributed by atoms with Crippen molar-refractivity contribution in [3.8, 4) is 0 Å². The molecule has 0 bridgehead atoms. The summed E-state index contributed by atoms with van der Waals surface area (Å²) in [6.45, 7) is 6.12. The van der Waals surface area contributed by atoms with Crippen LogP contribution >= 0.6 is 0 Å². The number of carbonyl (C=O) groups excluding carboxylic acids is 1. The zero-order chi connectivity index (χ0) is 15.8. The highest BCUT2D eigenvalue weighted by Gasteiger charge is 2.14. The van der Waals surface area contributed by atoms with Gasteiger partial charge < -0.3 is 15.0 Å². The van der Waals surface area contributed by atoms with Crippen LogP contribution < -0.4 is 5.32 Å². The molecule has 21 heavy (non-hydrogen) atoms. The lowest BCUT2D eigenvalue weighted by atomic mass is 10.0. The lowest BCUT2D eigenvalue weighted by Gasteiger charge is -2.24. The highest BCUT2D eigenvalue weighted by molar-refractivity contribution is 5.90. The predicted molar refractivity (Wildman–Crippen MR) is 86.4 cm³/mol. The van der Waals surface area contributed by atoms with Gasteiger partial charge in [0.1, 0.15) is 0 Å². The minimum Gasteiger partial charge on any atom is -0.465 e. The second kappa shape index (κ2) is 8.80. The van der Waals surface area contributed by atoms with Gasteiger partial charge in [0.05, 0.1) is 12.7 Å². The number of carbonyl (C=O) groups is 1. The molecule has 1 atom stereocenters. The molecule has 0 heterocycles. The molecular weight excluding hydrogens is 264 g/mol. The lowest BCUT2D eigenvalue weighted by molar-refractivity contribution is 0.0599. The summed E-state index contributed by atoms with van der Waals surface area (Å²) < 4.78 is 4.84. The normalized spacial score (nSPS) is 12.7. The summed E-state index contributed by atoms with van der Waals surface area (Å²) >= 11 is 0. The van der Waals surface area contributed by atoms with Crippen LogP contribution in [0.1, 0.15) is 36.2 Å². The van der Waals surface area contributed by atoms with Crippen molar-refractivity contribution in [3.63, 3.8) is 0 Å². The van der Waals surface area contributed by atoms with E-state index in [0.717, 1.165) is 18.5 Å². The molecule has 0 saturated heterocycles. The molecule has 1 aromatic carbocycles. The average Bonchev–Trinajstić information content (AvgIpc) is 2.43. The quantitative estimate of drug-likeness (QED) is 0.748. The fraction of sp³-hybridized carbons (Fsp3) is 0.588. The second-order valence-corrected chi connectivity index (χ2v) is 6.12. The molecule has 0 aliphatic rings. The van der Waals surface area contributed by atoms with E-state index in [1.807, 2.05) is 24.3 Å². The van der Waals surface area contributed by atoms with E-state index in [9.17, 15) is 4.79 Å². The molecule has 1 rings (SSSR count). The largest absolute Gasteiger partial charge is 0.465 e. The van der Waals surface area contributed by atoms with Crippen molar-refractivity contribution >= 4 is 5.97 Å². The Morgan fingerprint density at radius 1 is 1.29 bits per heavy atom. The SMILES string of the molecule is COC(=O)c1ccccc1CNC(CC(C)C)CN(C)C. The maximum atomic E-state index is 11.8. The van der Waals surface area contributed by atoms with Crippen LogP contribution in [0.2, 0.25) is 0 Å². The van der Waals surface area contributed by atoms with Gasteiger partial charge >= 0.3 is 5.97 Å². The van der Waals surface area contributed by atoms with Crippen molar-refractivity contribution in [2.24, 2.45) is 5.92 Å². The number of hydrogen-bond donors (Lipinski definition) is 1. The summed E-state index contributed by atoms with van der Waals surface area (Å²) in [5.74, 6) is 0.360. The van der Waals surface area contributed by atoms with Crippen LogP contribution in [0, 0.1) is 5.92 Å². The van der Waals surface area contributed by atoms with E-state index < -0.39 is 0 Å². The Labute approximate surface area is 128 Å². The third kappa shape index (κ3) is 6.27. The summed E-state index contributed by atoms with van der Waals surface area (Å²) in [6, 6.07) is 8.01. The molecule has 4 heteroatoms. The molecule has 1 aromatic rings. The molecular formula is C17H28N2O2. The van der Waals surface area contributed by atoms with Crippen LogP contribution in [0.3, 0.4) is 0 Å². The van der Waals surface area contributed by atoms with Gasteiger partial charge in [-0.1, -0.05) is 32.0 Å². The fourth-order valence-electron chi connectivity index (χ4n) is 2.47. The van der Waals surface area contributed by atoms with Crippen LogP contribution in [-0.2, 0) is 11.3 Å². The Hall–Kier alpha value is -1.39. The van der Waals surface area contributed by atoms with Crippen molar-refractivity contribution in [2.75, 3.05) is 27.7 Å². The molecule has 1 unspecified atom stereocenters. The Kier molecular flexibility index (Phi) is 7.40. The predicted octanol–water partition coefficient (Wildman–Crippen LogP) is 2.54. The summed E-state index contributed by atoms with van der Waals surface area (Å²) in [4.78, 5) is 14.0. The maximum absolute atomic E-state index is 11.8. The Balaban J connectivity index is 2.73. The third-order valence-corrected chi connectivity index (χ3v) is 3.35. The van der Waals surface area contributed by atoms with E-state index in [0.29, 0.717) is 24.1 Å². The van der Waals surface area contributed by atoms with Crippen molar-refractivity contribution in [3.05, 3.63) is 35.4 Å². The summed E-state index contributed by atoms with van der Waals surface area (Å²) in [6.07, 6.45) is 1.11. The van der Waals surface area contributed by atoms with Gasteiger partial charge in [0.2, 0.25) is 0 Å². The first-order valence-corrected chi connectivity index (χ1v) is 7.48. The monoisotopic (exact) mass is 292 g/mol. The van der Waals surface area contributed by atoms with Crippen LogP contribution in [-0.4, -0.2) is 44.7 Å². The number of rotatable bonds is 8. The van der Waals surface area contributed by atoms with Crippen molar-refractivity contribution < 1.29 is 9.53 Å². The number of hydrogen-bond acceptors (Lipinski definition) is 4. The lowest BCUT2D eigenvalue weighted by Crippen LogP contribution is -2.39. The first-order valence-electron chi connectivity index (χ1n) is 7.48. The minimum absolute atomic E-state index is 0.277. The number of likely N-dealkylation sites (N-methyl/N-ethyl adjacent to an activating group) is 1. The van der Waals surface area contributed by atoms with E-state index in [1.165, 1.54) is 7.11 Å². The topological polar surface area (TPSA) is 41.6 Å². The first-order chi connectivity index (χ1) is 9.93. The van der Waals surface area contributed by atoms with Gasteiger partial charge in [0.25, 0.3) is 0 Å². The van der Waals surface area contributed by atoms with E-state index in [2.05, 4.69) is 38.2 Å². The molecule has 0 amide bonds. The minimum atomic E-state index is -0.277. The highest BCUT2D eigenvalue weighted by Crippen LogP contribution is 2.12. The van der Waals surface area contributed by atoms with Gasteiger partial charge in [-0.25, -0.2) is 4.79 Å². The first kappa shape index (κ1) is 17.7. The third-order valence-electron chi connectivity index (χ3n) is 3.35. The van der Waals surface area contributed by atoms with Crippen LogP contribution in [0.15, 0.2) is 24.3 Å². The van der Waals surface area contributed by atoms with Gasteiger partial charge in [-0.3, -0.25) is 0 Å². The van der Waals surface area contributed by atoms with Gasteiger partial charge in [-0.15, -0.1) is 0 Å². The molecule has 0 aromatic heterocycles. The molecule has 1 N–H and O–H groups in total. The number of nitrogens with one attached hydrogen (secondary N) is 1. The molecule has 4 nitrogen and oxygen atoms in total. The van der Waals surface area contributed by atoms with Gasteiger partial charge in [-0.05, 0) is 38.1 Å². The zero-order valence-electron chi connectivity index (χ0n) is 13.8. The maximum Gasteiger partial charge on any atom is 0.338 e. The molecule has 0 fully saturated rings. The average molecular weight is 292 g/mol. The van der Waals surface area contributed by atoms with Gasteiger partial charge in [0, 0.05) is 19.1 Å². The van der Waals surface area contributed by atoms with Crippen LogP contribution in [0.5, 0.6) is 0 Å². The Bertz CT molecular complexity index is 434. The summed E-state index contributed by atoms with van der Waals surface area (Å²) in [5, 5.41) is 3.57. The van der Waals surface area contributed by atoms with Crippen LogP contribution in [0.25, 0.3) is 0 Å². The van der Waals surface area contributed by atoms with Gasteiger partial charge in [0.15, 0.2) is 0 Å². The van der Waals surface area contributed by atoms with Gasteiger partial charge in [-0.2, -0.15) is 0 Å². The fourth-order valence-corrected chi connectivity index (χ4v) is 2.47. The number of methoxy groups -OCH3 is 1. The van der Waals surface area contributed by atoms with Crippen molar-refractivity contribution in [1.29, 1.82) is 0 Å². The van der Waals surface area contributed by atoms with E-state index in [4.69, 9.17) is 4.74 Å². The number of nitrogens with zero attached hydrogens (tertiary/aromatic N) is 1. The molecule has 0 spiro atoms. The zero-order valence-corrected chi connectivity index (χ0v) is 13.8. The molecule has 0 aliphatic carbocycles. The van der Waals surface area contributed by atoms with Crippen LogP contribution in [0.4, 0.5) is 0 Å². The van der Waals surface area contributed by atoms with E-state index in [-0.39, 0.29) is 5.97 Å². The molecule has 0 saturated carbocycles. The summed E-state index contributed by atoms with van der Waals surface area (Å²) in [5.41, 5.74) is 1.62. The number of esters is 1. The highest BCUT2D eigenvalue weighted by atomic mass is 16.5.